The second kappa shape index (κ2) is 7.91. The van der Waals surface area contributed by atoms with E-state index in [1.54, 1.807) is 0 Å². The molecule has 2 rings (SSSR count). The van der Waals surface area contributed by atoms with Crippen molar-refractivity contribution in [2.24, 2.45) is 0 Å². The van der Waals surface area contributed by atoms with Gasteiger partial charge < -0.3 is 14.5 Å². The van der Waals surface area contributed by atoms with Crippen LogP contribution in [0.3, 0.4) is 0 Å². The Kier molecular flexibility index (Phi) is 6.36. The molecule has 0 radical (unpaired) electrons. The lowest BCUT2D eigenvalue weighted by atomic mass is 9.96. The van der Waals surface area contributed by atoms with Gasteiger partial charge >= 0.3 is 0 Å². The van der Waals surface area contributed by atoms with Gasteiger partial charge in [-0.1, -0.05) is 25.9 Å². The van der Waals surface area contributed by atoms with Gasteiger partial charge in [0.2, 0.25) is 5.89 Å². The average Bonchev–Trinajstić information content (AvgIpc) is 2.98. The highest BCUT2D eigenvalue weighted by molar-refractivity contribution is 5.01. The lowest BCUT2D eigenvalue weighted by Crippen LogP contribution is -2.48. The fourth-order valence-electron chi connectivity index (χ4n) is 2.77. The molecule has 0 spiro atoms. The minimum atomic E-state index is -0.383. The summed E-state index contributed by atoms with van der Waals surface area (Å²) in [4.78, 5) is 11.2. The predicted octanol–water partition coefficient (Wildman–Crippen LogP) is 0.968. The van der Waals surface area contributed by atoms with Crippen molar-refractivity contribution in [2.45, 2.75) is 45.3 Å². The molecular formula is C17H33N5O2. The fraction of sp³-hybridized carbons (Fsp3) is 0.882. The van der Waals surface area contributed by atoms with Gasteiger partial charge in [0.15, 0.2) is 5.82 Å². The summed E-state index contributed by atoms with van der Waals surface area (Å²) < 4.78 is 5.42. The first-order valence-corrected chi connectivity index (χ1v) is 8.80. The maximum absolute atomic E-state index is 10.4. The zero-order valence-electron chi connectivity index (χ0n) is 16.0. The zero-order chi connectivity index (χ0) is 17.9. The van der Waals surface area contributed by atoms with Gasteiger partial charge in [0.25, 0.3) is 0 Å². The Morgan fingerprint density at radius 1 is 1.25 bits per heavy atom. The van der Waals surface area contributed by atoms with E-state index in [0.29, 0.717) is 19.0 Å². The van der Waals surface area contributed by atoms with Crippen molar-refractivity contribution in [3.63, 3.8) is 0 Å². The number of rotatable bonds is 6. The number of aliphatic hydroxyl groups is 1. The molecule has 0 aromatic carbocycles. The van der Waals surface area contributed by atoms with Crippen LogP contribution in [0.1, 0.15) is 45.5 Å². The Morgan fingerprint density at radius 3 is 2.42 bits per heavy atom. The summed E-state index contributed by atoms with van der Waals surface area (Å²) in [7, 11) is 4.12. The number of aliphatic hydroxyl groups excluding tert-OH is 1. The van der Waals surface area contributed by atoms with E-state index in [0.717, 1.165) is 32.0 Å². The van der Waals surface area contributed by atoms with Crippen molar-refractivity contribution >= 4 is 0 Å². The maximum atomic E-state index is 10.4. The highest BCUT2D eigenvalue weighted by Gasteiger charge is 2.26. The van der Waals surface area contributed by atoms with E-state index in [1.165, 1.54) is 0 Å². The van der Waals surface area contributed by atoms with Gasteiger partial charge in [0, 0.05) is 44.7 Å². The van der Waals surface area contributed by atoms with Crippen LogP contribution in [0.25, 0.3) is 0 Å². The van der Waals surface area contributed by atoms with Crippen molar-refractivity contribution in [3.05, 3.63) is 11.7 Å². The summed E-state index contributed by atoms with van der Waals surface area (Å²) >= 11 is 0. The van der Waals surface area contributed by atoms with Crippen LogP contribution in [0.5, 0.6) is 0 Å². The van der Waals surface area contributed by atoms with E-state index in [9.17, 15) is 5.11 Å². The molecule has 1 N–H and O–H groups in total. The van der Waals surface area contributed by atoms with Gasteiger partial charge in [-0.05, 0) is 21.0 Å². The van der Waals surface area contributed by atoms with Crippen LogP contribution in [-0.2, 0) is 5.41 Å². The van der Waals surface area contributed by atoms with Crippen molar-refractivity contribution in [2.75, 3.05) is 53.4 Å². The monoisotopic (exact) mass is 339 g/mol. The summed E-state index contributed by atoms with van der Waals surface area (Å²) in [5, 5.41) is 14.5. The molecule has 0 aliphatic carbocycles. The van der Waals surface area contributed by atoms with Crippen LogP contribution in [0.15, 0.2) is 4.52 Å². The third kappa shape index (κ3) is 5.24. The average molecular weight is 339 g/mol. The van der Waals surface area contributed by atoms with Gasteiger partial charge in [-0.2, -0.15) is 4.98 Å². The first kappa shape index (κ1) is 19.3. The number of aromatic nitrogens is 2. The summed E-state index contributed by atoms with van der Waals surface area (Å²) in [6.07, 6.45) is -0.383. The van der Waals surface area contributed by atoms with Crippen molar-refractivity contribution in [1.29, 1.82) is 0 Å². The summed E-state index contributed by atoms with van der Waals surface area (Å²) in [5.41, 5.74) is -0.124. The molecule has 7 heteroatoms. The van der Waals surface area contributed by atoms with E-state index in [-0.39, 0.29) is 17.6 Å². The molecule has 2 heterocycles. The standard InChI is InChI=1S/C17H33N5O2/c1-13(15-18-16(19-24-15)17(2,3)4)21(6)11-14(23)12-22-9-7-20(5)8-10-22/h13-14,23H,7-12H2,1-6H3. The van der Waals surface area contributed by atoms with Crippen molar-refractivity contribution < 1.29 is 9.63 Å². The van der Waals surface area contributed by atoms with Crippen LogP contribution < -0.4 is 0 Å². The minimum Gasteiger partial charge on any atom is -0.390 e. The van der Waals surface area contributed by atoms with Gasteiger partial charge in [-0.3, -0.25) is 9.80 Å². The van der Waals surface area contributed by atoms with Crippen LogP contribution in [0, 0.1) is 0 Å². The number of nitrogens with zero attached hydrogens (tertiary/aromatic N) is 5. The Morgan fingerprint density at radius 2 is 1.88 bits per heavy atom. The van der Waals surface area contributed by atoms with Crippen LogP contribution in [0.4, 0.5) is 0 Å². The van der Waals surface area contributed by atoms with E-state index in [2.05, 4.69) is 52.7 Å². The molecule has 24 heavy (non-hydrogen) atoms. The SMILES string of the molecule is CC(c1nc(C(C)(C)C)no1)N(C)CC(O)CN1CCN(C)CC1. The first-order valence-electron chi connectivity index (χ1n) is 8.80. The molecule has 0 bridgehead atoms. The van der Waals surface area contributed by atoms with Crippen LogP contribution in [-0.4, -0.2) is 89.4 Å². The largest absolute Gasteiger partial charge is 0.390 e. The summed E-state index contributed by atoms with van der Waals surface area (Å²) in [5.74, 6) is 1.32. The van der Waals surface area contributed by atoms with Gasteiger partial charge in [0.05, 0.1) is 12.1 Å². The molecule has 1 aromatic rings. The number of hydrogen-bond donors (Lipinski definition) is 1. The molecule has 1 aliphatic heterocycles. The Hall–Kier alpha value is -1.02. The number of hydrogen-bond acceptors (Lipinski definition) is 7. The molecule has 2 unspecified atom stereocenters. The molecule has 1 aliphatic rings. The van der Waals surface area contributed by atoms with Crippen LogP contribution in [0.2, 0.25) is 0 Å². The lowest BCUT2D eigenvalue weighted by molar-refractivity contribution is 0.0494. The smallest absolute Gasteiger partial charge is 0.243 e. The molecular weight excluding hydrogens is 306 g/mol. The van der Waals surface area contributed by atoms with Crippen molar-refractivity contribution in [1.82, 2.24) is 24.8 Å². The summed E-state index contributed by atoms with van der Waals surface area (Å²) in [6.45, 7) is 13.7. The fourth-order valence-corrected chi connectivity index (χ4v) is 2.77. The van der Waals surface area contributed by atoms with Gasteiger partial charge in [-0.15, -0.1) is 0 Å². The first-order chi connectivity index (χ1) is 11.2. The molecule has 2 atom stereocenters. The van der Waals surface area contributed by atoms with Gasteiger partial charge in [0.1, 0.15) is 0 Å². The second-order valence-electron chi connectivity index (χ2n) is 8.08. The van der Waals surface area contributed by atoms with Crippen LogP contribution >= 0.6 is 0 Å². The highest BCUT2D eigenvalue weighted by Crippen LogP contribution is 2.23. The molecule has 1 aromatic heterocycles. The maximum Gasteiger partial charge on any atom is 0.243 e. The quantitative estimate of drug-likeness (QED) is 0.828. The molecule has 0 saturated carbocycles. The minimum absolute atomic E-state index is 0.0178. The predicted molar refractivity (Wildman–Crippen MR) is 94.0 cm³/mol. The molecule has 138 valence electrons. The number of piperazine rings is 1. The van der Waals surface area contributed by atoms with E-state index in [4.69, 9.17) is 4.52 Å². The molecule has 1 fully saturated rings. The van der Waals surface area contributed by atoms with E-state index >= 15 is 0 Å². The lowest BCUT2D eigenvalue weighted by Gasteiger charge is -2.34. The Labute approximate surface area is 145 Å². The number of β-amino-alcohol motifs (C(OH)–C–C–N with tert-alkyl or cyclic N) is 1. The summed E-state index contributed by atoms with van der Waals surface area (Å²) in [6, 6.07) is -0.0178. The van der Waals surface area contributed by atoms with Gasteiger partial charge in [-0.25, -0.2) is 0 Å². The highest BCUT2D eigenvalue weighted by atomic mass is 16.5. The molecule has 7 nitrogen and oxygen atoms in total. The Bertz CT molecular complexity index is 505. The molecule has 1 saturated heterocycles. The third-order valence-corrected chi connectivity index (χ3v) is 4.69. The van der Waals surface area contributed by atoms with Crippen molar-refractivity contribution in [3.8, 4) is 0 Å². The topological polar surface area (TPSA) is 68.9 Å². The van der Waals surface area contributed by atoms with E-state index < -0.39 is 0 Å². The molecule has 0 amide bonds. The number of likely N-dealkylation sites (N-methyl/N-ethyl adjacent to an activating group) is 2. The normalized spacial score (nSPS) is 20.5. The Balaban J connectivity index is 1.84. The third-order valence-electron chi connectivity index (χ3n) is 4.69. The second-order valence-corrected chi connectivity index (χ2v) is 8.08. The van der Waals surface area contributed by atoms with E-state index in [1.807, 2.05) is 14.0 Å². The zero-order valence-corrected chi connectivity index (χ0v) is 16.0.